The summed E-state index contributed by atoms with van der Waals surface area (Å²) in [5.41, 5.74) is 2.26. The highest BCUT2D eigenvalue weighted by Gasteiger charge is 2.14. The van der Waals surface area contributed by atoms with Gasteiger partial charge in [-0.25, -0.2) is 9.97 Å². The molecule has 0 spiro atoms. The van der Waals surface area contributed by atoms with Gasteiger partial charge in [-0.3, -0.25) is 0 Å². The fraction of sp³-hybridized carbons (Fsp3) is 0.217. The molecular weight excluding hydrogens is 364 g/mol. The zero-order chi connectivity index (χ0) is 19.3. The summed E-state index contributed by atoms with van der Waals surface area (Å²) in [7, 11) is 4.36. The Morgan fingerprint density at radius 3 is 2.25 bits per heavy atom. The molecule has 0 fully saturated rings. The van der Waals surface area contributed by atoms with Gasteiger partial charge in [0.25, 0.3) is 0 Å². The Kier molecular flexibility index (Phi) is 5.65. The second kappa shape index (κ2) is 8.50. The molecule has 2 aromatic heterocycles. The molecule has 2 N–H and O–H groups in total. The molecule has 4 nitrogen and oxygen atoms in total. The lowest BCUT2D eigenvalue weighted by molar-refractivity contribution is -0.858. The number of hydrogen-bond acceptors (Lipinski definition) is 4. The first-order valence-corrected chi connectivity index (χ1v) is 10.5. The second-order valence-electron chi connectivity index (χ2n) is 7.19. The molecule has 0 radical (unpaired) electrons. The van der Waals surface area contributed by atoms with Crippen molar-refractivity contribution >= 4 is 27.4 Å². The van der Waals surface area contributed by atoms with Gasteiger partial charge in [-0.1, -0.05) is 60.7 Å². The molecule has 0 aliphatic carbocycles. The van der Waals surface area contributed by atoms with E-state index < -0.39 is 0 Å². The molecule has 2 heterocycles. The van der Waals surface area contributed by atoms with E-state index in [1.807, 2.05) is 24.3 Å². The largest absolute Gasteiger partial charge is 0.369 e. The van der Waals surface area contributed by atoms with Crippen LogP contribution in [-0.2, 0) is 0 Å². The molecule has 4 rings (SSSR count). The van der Waals surface area contributed by atoms with Gasteiger partial charge in [0.15, 0.2) is 5.82 Å². The summed E-state index contributed by atoms with van der Waals surface area (Å²) in [6.45, 7) is 2.04. The van der Waals surface area contributed by atoms with Crippen molar-refractivity contribution in [1.82, 2.24) is 9.97 Å². The first kappa shape index (κ1) is 18.6. The van der Waals surface area contributed by atoms with Crippen molar-refractivity contribution in [3.8, 4) is 21.8 Å². The predicted molar refractivity (Wildman–Crippen MR) is 119 cm³/mol. The van der Waals surface area contributed by atoms with Gasteiger partial charge in [0.2, 0.25) is 0 Å². The van der Waals surface area contributed by atoms with E-state index in [-0.39, 0.29) is 0 Å². The summed E-state index contributed by atoms with van der Waals surface area (Å²) in [5.74, 6) is 1.70. The fourth-order valence-electron chi connectivity index (χ4n) is 3.17. The minimum atomic E-state index is 0.773. The van der Waals surface area contributed by atoms with Crippen LogP contribution in [0.25, 0.3) is 32.0 Å². The highest BCUT2D eigenvalue weighted by Crippen LogP contribution is 2.36. The molecule has 0 aliphatic rings. The standard InChI is InChI=1S/C23H24N4S/c1-27(2)15-9-14-24-22-19-16-20(17-10-5-3-6-11-17)28-23(19)26-21(25-22)18-12-7-4-8-13-18/h3-8,10-13,16H,9,14-15H2,1-2H3,(H,24,25,26)/p+1. The maximum Gasteiger partial charge on any atom is 0.163 e. The van der Waals surface area contributed by atoms with E-state index in [0.29, 0.717) is 0 Å². The molecular formula is C23H25N4S+. The Labute approximate surface area is 169 Å². The number of quaternary nitrogens is 1. The number of aromatic nitrogens is 2. The molecule has 5 heteroatoms. The minimum absolute atomic E-state index is 0.773. The quantitative estimate of drug-likeness (QED) is 0.470. The number of rotatable bonds is 7. The van der Waals surface area contributed by atoms with Crippen LogP contribution in [0.5, 0.6) is 0 Å². The van der Waals surface area contributed by atoms with Crippen LogP contribution in [0.15, 0.2) is 66.7 Å². The summed E-state index contributed by atoms with van der Waals surface area (Å²) >= 11 is 1.72. The molecule has 2 aromatic carbocycles. The van der Waals surface area contributed by atoms with Gasteiger partial charge < -0.3 is 10.2 Å². The lowest BCUT2D eigenvalue weighted by Gasteiger charge is -2.10. The van der Waals surface area contributed by atoms with E-state index >= 15 is 0 Å². The van der Waals surface area contributed by atoms with Crippen LogP contribution in [0, 0.1) is 0 Å². The third-order valence-electron chi connectivity index (χ3n) is 4.63. The average Bonchev–Trinajstić information content (AvgIpc) is 3.16. The van der Waals surface area contributed by atoms with Crippen LogP contribution in [0.2, 0.25) is 0 Å². The number of nitrogens with one attached hydrogen (secondary N) is 2. The lowest BCUT2D eigenvalue weighted by atomic mass is 10.2. The summed E-state index contributed by atoms with van der Waals surface area (Å²) in [6.07, 6.45) is 1.10. The summed E-state index contributed by atoms with van der Waals surface area (Å²) < 4.78 is 0. The van der Waals surface area contributed by atoms with Crippen LogP contribution in [0.3, 0.4) is 0 Å². The maximum absolute atomic E-state index is 4.87. The Morgan fingerprint density at radius 2 is 1.57 bits per heavy atom. The monoisotopic (exact) mass is 389 g/mol. The normalized spacial score (nSPS) is 11.2. The average molecular weight is 390 g/mol. The van der Waals surface area contributed by atoms with Crippen LogP contribution in [0.1, 0.15) is 6.42 Å². The van der Waals surface area contributed by atoms with Crippen molar-refractivity contribution in [3.63, 3.8) is 0 Å². The van der Waals surface area contributed by atoms with Gasteiger partial charge in [-0.2, -0.15) is 0 Å². The number of hydrogen-bond donors (Lipinski definition) is 2. The molecule has 0 saturated heterocycles. The highest BCUT2D eigenvalue weighted by atomic mass is 32.1. The van der Waals surface area contributed by atoms with Crippen LogP contribution >= 0.6 is 11.3 Å². The van der Waals surface area contributed by atoms with Gasteiger partial charge in [0.05, 0.1) is 26.0 Å². The molecule has 0 amide bonds. The molecule has 0 saturated carbocycles. The van der Waals surface area contributed by atoms with Crippen molar-refractivity contribution in [1.29, 1.82) is 0 Å². The zero-order valence-electron chi connectivity index (χ0n) is 16.3. The third-order valence-corrected chi connectivity index (χ3v) is 5.71. The molecule has 0 unspecified atom stereocenters. The molecule has 0 bridgehead atoms. The van der Waals surface area contributed by atoms with E-state index in [1.165, 1.54) is 15.3 Å². The summed E-state index contributed by atoms with van der Waals surface area (Å²) in [5, 5.41) is 4.66. The Hall–Kier alpha value is -2.76. The van der Waals surface area contributed by atoms with E-state index in [1.54, 1.807) is 11.3 Å². The Balaban J connectivity index is 1.73. The number of thiophene rings is 1. The van der Waals surface area contributed by atoms with E-state index in [0.717, 1.165) is 46.9 Å². The van der Waals surface area contributed by atoms with Crippen molar-refractivity contribution < 1.29 is 4.90 Å². The van der Waals surface area contributed by atoms with Crippen LogP contribution in [-0.4, -0.2) is 37.2 Å². The van der Waals surface area contributed by atoms with Crippen molar-refractivity contribution in [2.45, 2.75) is 6.42 Å². The lowest BCUT2D eigenvalue weighted by Crippen LogP contribution is -3.05. The summed E-state index contributed by atoms with van der Waals surface area (Å²) in [4.78, 5) is 13.4. The van der Waals surface area contributed by atoms with Gasteiger partial charge in [-0.15, -0.1) is 11.3 Å². The van der Waals surface area contributed by atoms with E-state index in [4.69, 9.17) is 9.97 Å². The second-order valence-corrected chi connectivity index (χ2v) is 8.23. The van der Waals surface area contributed by atoms with Gasteiger partial charge in [0.1, 0.15) is 10.6 Å². The summed E-state index contributed by atoms with van der Waals surface area (Å²) in [6, 6.07) is 22.9. The van der Waals surface area contributed by atoms with Crippen molar-refractivity contribution in [2.24, 2.45) is 0 Å². The van der Waals surface area contributed by atoms with E-state index in [2.05, 4.69) is 61.9 Å². The zero-order valence-corrected chi connectivity index (χ0v) is 17.1. The predicted octanol–water partition coefficient (Wildman–Crippen LogP) is 3.97. The van der Waals surface area contributed by atoms with Gasteiger partial charge in [0, 0.05) is 23.4 Å². The maximum atomic E-state index is 4.87. The molecule has 0 aliphatic heterocycles. The van der Waals surface area contributed by atoms with Crippen molar-refractivity contribution in [2.75, 3.05) is 32.5 Å². The first-order valence-electron chi connectivity index (χ1n) is 9.66. The first-order chi connectivity index (χ1) is 13.7. The minimum Gasteiger partial charge on any atom is -0.369 e. The topological polar surface area (TPSA) is 42.2 Å². The van der Waals surface area contributed by atoms with Crippen LogP contribution < -0.4 is 10.2 Å². The Bertz CT molecular complexity index is 1040. The van der Waals surface area contributed by atoms with Gasteiger partial charge in [-0.05, 0) is 11.6 Å². The number of nitrogens with zero attached hydrogens (tertiary/aromatic N) is 2. The van der Waals surface area contributed by atoms with Crippen LogP contribution in [0.4, 0.5) is 5.82 Å². The molecule has 28 heavy (non-hydrogen) atoms. The Morgan fingerprint density at radius 1 is 0.893 bits per heavy atom. The fourth-order valence-corrected chi connectivity index (χ4v) is 4.20. The smallest absolute Gasteiger partial charge is 0.163 e. The van der Waals surface area contributed by atoms with Crippen molar-refractivity contribution in [3.05, 3.63) is 66.7 Å². The number of fused-ring (bicyclic) bond motifs is 1. The molecule has 0 atom stereocenters. The van der Waals surface area contributed by atoms with E-state index in [9.17, 15) is 0 Å². The third kappa shape index (κ3) is 4.21. The number of anilines is 1. The molecule has 142 valence electrons. The highest BCUT2D eigenvalue weighted by molar-refractivity contribution is 7.21. The molecule has 4 aromatic rings. The SMILES string of the molecule is C[NH+](C)CCCNc1nc(-c2ccccc2)nc2sc(-c3ccccc3)cc12. The van der Waals surface area contributed by atoms with Gasteiger partial charge >= 0.3 is 0 Å². The number of benzene rings is 2.